The van der Waals surface area contributed by atoms with Crippen molar-refractivity contribution in [1.29, 1.82) is 0 Å². The molecule has 0 aliphatic rings. The first-order valence-corrected chi connectivity index (χ1v) is 6.05. The molecule has 1 aromatic carbocycles. The van der Waals surface area contributed by atoms with Crippen LogP contribution in [0.3, 0.4) is 0 Å². The summed E-state index contributed by atoms with van der Waals surface area (Å²) in [5.41, 5.74) is 4.82. The molecule has 2 aromatic rings. The summed E-state index contributed by atoms with van der Waals surface area (Å²) in [4.78, 5) is 25.8. The predicted octanol–water partition coefficient (Wildman–Crippen LogP) is 3.06. The molecule has 0 atom stereocenters. The van der Waals surface area contributed by atoms with Crippen LogP contribution in [-0.2, 0) is 0 Å². The van der Waals surface area contributed by atoms with E-state index in [9.17, 15) is 14.9 Å². The lowest BCUT2D eigenvalue weighted by Gasteiger charge is -2.07. The Balaban J connectivity index is 2.77. The molecule has 0 spiro atoms. The number of carbonyl (C=O) groups excluding carboxylic acids is 1. The number of amides is 1. The Kier molecular flexibility index (Phi) is 3.87. The number of aromatic nitrogens is 1. The van der Waals surface area contributed by atoms with E-state index in [1.165, 1.54) is 24.4 Å². The van der Waals surface area contributed by atoms with Crippen molar-refractivity contribution in [2.75, 3.05) is 0 Å². The Hall–Kier alpha value is -2.18. The average Bonchev–Trinajstić information content (AvgIpc) is 2.38. The van der Waals surface area contributed by atoms with Crippen molar-refractivity contribution in [3.8, 4) is 11.3 Å². The Bertz CT molecular complexity index is 702. The first kappa shape index (κ1) is 14.2. The number of hydrogen-bond donors (Lipinski definition) is 1. The van der Waals surface area contributed by atoms with E-state index in [0.717, 1.165) is 6.07 Å². The molecule has 0 bridgehead atoms. The maximum Gasteiger partial charge on any atom is 0.291 e. The Morgan fingerprint density at radius 3 is 2.45 bits per heavy atom. The molecular formula is C12H7Cl2N3O3. The summed E-state index contributed by atoms with van der Waals surface area (Å²) in [5.74, 6) is -0.936. The van der Waals surface area contributed by atoms with Crippen LogP contribution in [0.5, 0.6) is 0 Å². The van der Waals surface area contributed by atoms with Crippen molar-refractivity contribution >= 4 is 34.8 Å². The first-order chi connectivity index (χ1) is 9.40. The van der Waals surface area contributed by atoms with Crippen molar-refractivity contribution in [2.24, 2.45) is 5.73 Å². The minimum atomic E-state index is -0.936. The standard InChI is InChI=1S/C12H7Cl2N3O3/c13-6-1-2-10(16-5-6)8-3-7(14)4-9(12(15)18)11(8)17(19)20/h1-5H,(H2,15,18). The molecule has 6 nitrogen and oxygen atoms in total. The summed E-state index contributed by atoms with van der Waals surface area (Å²) in [7, 11) is 0. The molecule has 1 aromatic heterocycles. The normalized spacial score (nSPS) is 10.3. The number of nitro groups is 1. The molecule has 2 rings (SSSR count). The third-order valence-corrected chi connectivity index (χ3v) is 2.97. The number of rotatable bonds is 3. The van der Waals surface area contributed by atoms with Gasteiger partial charge in [-0.05, 0) is 24.3 Å². The molecule has 2 N–H and O–H groups in total. The van der Waals surface area contributed by atoms with Gasteiger partial charge in [-0.1, -0.05) is 23.2 Å². The van der Waals surface area contributed by atoms with Gasteiger partial charge in [0, 0.05) is 11.2 Å². The van der Waals surface area contributed by atoms with Crippen molar-refractivity contribution in [3.63, 3.8) is 0 Å². The molecule has 8 heteroatoms. The van der Waals surface area contributed by atoms with Crippen molar-refractivity contribution in [3.05, 3.63) is 56.2 Å². The van der Waals surface area contributed by atoms with E-state index in [0.29, 0.717) is 5.02 Å². The summed E-state index contributed by atoms with van der Waals surface area (Å²) < 4.78 is 0. The van der Waals surface area contributed by atoms with Crippen molar-refractivity contribution in [1.82, 2.24) is 4.98 Å². The number of benzene rings is 1. The van der Waals surface area contributed by atoms with E-state index in [1.54, 1.807) is 0 Å². The third kappa shape index (κ3) is 2.71. The van der Waals surface area contributed by atoms with Gasteiger partial charge in [0.15, 0.2) is 0 Å². The zero-order valence-corrected chi connectivity index (χ0v) is 11.4. The second-order valence-corrected chi connectivity index (χ2v) is 4.71. The maximum atomic E-state index is 11.3. The van der Waals surface area contributed by atoms with Gasteiger partial charge in [0.1, 0.15) is 5.56 Å². The lowest BCUT2D eigenvalue weighted by molar-refractivity contribution is -0.384. The summed E-state index contributed by atoms with van der Waals surface area (Å²) in [6.45, 7) is 0. The number of nitro benzene ring substituents is 1. The second-order valence-electron chi connectivity index (χ2n) is 3.83. The molecule has 0 unspecified atom stereocenters. The van der Waals surface area contributed by atoms with Crippen LogP contribution >= 0.6 is 23.2 Å². The fourth-order valence-corrected chi connectivity index (χ4v) is 2.04. The van der Waals surface area contributed by atoms with Crippen LogP contribution in [0.1, 0.15) is 10.4 Å². The first-order valence-electron chi connectivity index (χ1n) is 5.30. The van der Waals surface area contributed by atoms with E-state index in [2.05, 4.69) is 4.98 Å². The van der Waals surface area contributed by atoms with Gasteiger partial charge >= 0.3 is 0 Å². The number of primary amides is 1. The minimum Gasteiger partial charge on any atom is -0.365 e. The summed E-state index contributed by atoms with van der Waals surface area (Å²) >= 11 is 11.6. The lowest BCUT2D eigenvalue weighted by Crippen LogP contribution is -2.14. The quantitative estimate of drug-likeness (QED) is 0.695. The predicted molar refractivity (Wildman–Crippen MR) is 74.9 cm³/mol. The number of hydrogen-bond acceptors (Lipinski definition) is 4. The Morgan fingerprint density at radius 2 is 1.95 bits per heavy atom. The van der Waals surface area contributed by atoms with Gasteiger partial charge in [-0.15, -0.1) is 0 Å². The summed E-state index contributed by atoms with van der Waals surface area (Å²) in [6, 6.07) is 5.52. The summed E-state index contributed by atoms with van der Waals surface area (Å²) in [5, 5.41) is 11.7. The van der Waals surface area contributed by atoms with E-state index in [1.807, 2.05) is 0 Å². The number of halogens is 2. The van der Waals surface area contributed by atoms with Crippen LogP contribution in [-0.4, -0.2) is 15.8 Å². The van der Waals surface area contributed by atoms with Gasteiger partial charge in [0.25, 0.3) is 11.6 Å². The fourth-order valence-electron chi connectivity index (χ4n) is 1.71. The van der Waals surface area contributed by atoms with Crippen molar-refractivity contribution < 1.29 is 9.72 Å². The monoisotopic (exact) mass is 311 g/mol. The van der Waals surface area contributed by atoms with Gasteiger partial charge in [0.05, 0.1) is 21.2 Å². The van der Waals surface area contributed by atoms with Gasteiger partial charge in [0.2, 0.25) is 0 Å². The summed E-state index contributed by atoms with van der Waals surface area (Å²) in [6.07, 6.45) is 1.34. The number of carbonyl (C=O) groups is 1. The van der Waals surface area contributed by atoms with Crippen LogP contribution in [0.15, 0.2) is 30.5 Å². The van der Waals surface area contributed by atoms with E-state index >= 15 is 0 Å². The molecule has 1 heterocycles. The Morgan fingerprint density at radius 1 is 1.25 bits per heavy atom. The highest BCUT2D eigenvalue weighted by molar-refractivity contribution is 6.31. The van der Waals surface area contributed by atoms with Crippen LogP contribution in [0.2, 0.25) is 10.0 Å². The average molecular weight is 312 g/mol. The fraction of sp³-hybridized carbons (Fsp3) is 0. The highest BCUT2D eigenvalue weighted by atomic mass is 35.5. The third-order valence-electron chi connectivity index (χ3n) is 2.53. The molecule has 0 aliphatic carbocycles. The lowest BCUT2D eigenvalue weighted by atomic mass is 10.0. The van der Waals surface area contributed by atoms with Crippen LogP contribution < -0.4 is 5.73 Å². The minimum absolute atomic E-state index is 0.105. The van der Waals surface area contributed by atoms with Crippen LogP contribution in [0.4, 0.5) is 5.69 Å². The molecule has 0 radical (unpaired) electrons. The van der Waals surface area contributed by atoms with Crippen LogP contribution in [0, 0.1) is 10.1 Å². The zero-order valence-electron chi connectivity index (χ0n) is 9.84. The smallest absolute Gasteiger partial charge is 0.291 e. The largest absolute Gasteiger partial charge is 0.365 e. The molecule has 0 fully saturated rings. The number of pyridine rings is 1. The molecule has 0 saturated heterocycles. The maximum absolute atomic E-state index is 11.3. The van der Waals surface area contributed by atoms with E-state index in [4.69, 9.17) is 28.9 Å². The second kappa shape index (κ2) is 5.44. The van der Waals surface area contributed by atoms with E-state index in [-0.39, 0.29) is 21.8 Å². The Labute approximate surface area is 123 Å². The van der Waals surface area contributed by atoms with Gasteiger partial charge in [-0.2, -0.15) is 0 Å². The molecule has 20 heavy (non-hydrogen) atoms. The highest BCUT2D eigenvalue weighted by Gasteiger charge is 2.25. The topological polar surface area (TPSA) is 99.1 Å². The highest BCUT2D eigenvalue weighted by Crippen LogP contribution is 2.35. The van der Waals surface area contributed by atoms with E-state index < -0.39 is 16.5 Å². The molecule has 0 aliphatic heterocycles. The zero-order chi connectivity index (χ0) is 14.9. The van der Waals surface area contributed by atoms with Gasteiger partial charge in [-0.3, -0.25) is 19.9 Å². The van der Waals surface area contributed by atoms with Gasteiger partial charge in [-0.25, -0.2) is 0 Å². The number of nitrogens with two attached hydrogens (primary N) is 1. The molecule has 1 amide bonds. The SMILES string of the molecule is NC(=O)c1cc(Cl)cc(-c2ccc(Cl)cn2)c1[N+](=O)[O-]. The van der Waals surface area contributed by atoms with Crippen LogP contribution in [0.25, 0.3) is 11.3 Å². The van der Waals surface area contributed by atoms with Crippen molar-refractivity contribution in [2.45, 2.75) is 0 Å². The van der Waals surface area contributed by atoms with Gasteiger partial charge < -0.3 is 5.73 Å². The number of nitrogens with zero attached hydrogens (tertiary/aromatic N) is 2. The molecule has 102 valence electrons. The molecular weight excluding hydrogens is 305 g/mol. The molecule has 0 saturated carbocycles.